The van der Waals surface area contributed by atoms with Gasteiger partial charge in [0.25, 0.3) is 17.5 Å². The molecule has 8 nitrogen and oxygen atoms in total. The molecule has 1 N–H and O–H groups in total. The van der Waals surface area contributed by atoms with E-state index in [2.05, 4.69) is 5.32 Å². The normalized spacial score (nSPS) is 14.0. The molecule has 0 fully saturated rings. The van der Waals surface area contributed by atoms with Crippen molar-refractivity contribution in [1.82, 2.24) is 10.2 Å². The Bertz CT molecular complexity index is 1220. The van der Waals surface area contributed by atoms with Gasteiger partial charge in [-0.15, -0.1) is 0 Å². The van der Waals surface area contributed by atoms with Crippen molar-refractivity contribution >= 4 is 34.2 Å². The molecule has 3 aromatic carbocycles. The Morgan fingerprint density at radius 1 is 1.00 bits per heavy atom. The van der Waals surface area contributed by atoms with Gasteiger partial charge < -0.3 is 5.32 Å². The summed E-state index contributed by atoms with van der Waals surface area (Å²) in [5.74, 6) is -1.86. The minimum atomic E-state index is -0.716. The van der Waals surface area contributed by atoms with Crippen LogP contribution in [0.25, 0.3) is 10.8 Å². The van der Waals surface area contributed by atoms with Gasteiger partial charge in [-0.3, -0.25) is 29.4 Å². The SMILES string of the molecule is CC(NC(=O)CN1C(=O)c2ccc([N+](=O)[O-])cc2C1=O)c1ccc2ccccc2c1. The fraction of sp³-hybridized carbons (Fsp3) is 0.136. The van der Waals surface area contributed by atoms with Crippen molar-refractivity contribution < 1.29 is 19.3 Å². The number of hydrogen-bond acceptors (Lipinski definition) is 5. The summed E-state index contributed by atoms with van der Waals surface area (Å²) >= 11 is 0. The fourth-order valence-corrected chi connectivity index (χ4v) is 3.53. The summed E-state index contributed by atoms with van der Waals surface area (Å²) in [6, 6.07) is 16.8. The number of nitrogens with one attached hydrogen (secondary N) is 1. The van der Waals surface area contributed by atoms with Crippen LogP contribution in [0.2, 0.25) is 0 Å². The van der Waals surface area contributed by atoms with Gasteiger partial charge in [0.1, 0.15) is 6.54 Å². The van der Waals surface area contributed by atoms with Crippen LogP contribution in [0.1, 0.15) is 39.2 Å². The Hall–Kier alpha value is -4.07. The van der Waals surface area contributed by atoms with Gasteiger partial charge in [-0.25, -0.2) is 0 Å². The predicted molar refractivity (Wildman–Crippen MR) is 109 cm³/mol. The van der Waals surface area contributed by atoms with Crippen molar-refractivity contribution in [2.24, 2.45) is 0 Å². The zero-order chi connectivity index (χ0) is 21.4. The summed E-state index contributed by atoms with van der Waals surface area (Å²) in [5.41, 5.74) is 0.594. The van der Waals surface area contributed by atoms with E-state index in [1.165, 1.54) is 6.07 Å². The van der Waals surface area contributed by atoms with Gasteiger partial charge in [0.2, 0.25) is 5.91 Å². The number of carbonyl (C=O) groups is 3. The quantitative estimate of drug-likeness (QED) is 0.400. The predicted octanol–water partition coefficient (Wildman–Crippen LogP) is 3.22. The van der Waals surface area contributed by atoms with Crippen LogP contribution in [0, 0.1) is 10.1 Å². The third-order valence-corrected chi connectivity index (χ3v) is 5.12. The molecule has 0 saturated carbocycles. The highest BCUT2D eigenvalue weighted by molar-refractivity contribution is 6.22. The summed E-state index contributed by atoms with van der Waals surface area (Å²) in [4.78, 5) is 48.6. The van der Waals surface area contributed by atoms with Crippen LogP contribution in [0.4, 0.5) is 5.69 Å². The zero-order valence-electron chi connectivity index (χ0n) is 16.0. The number of fused-ring (bicyclic) bond motifs is 2. The van der Waals surface area contributed by atoms with Gasteiger partial charge >= 0.3 is 0 Å². The number of nitrogens with zero attached hydrogens (tertiary/aromatic N) is 2. The molecule has 3 amide bonds. The molecule has 150 valence electrons. The van der Waals surface area contributed by atoms with Crippen molar-refractivity contribution in [2.45, 2.75) is 13.0 Å². The molecule has 1 aliphatic heterocycles. The largest absolute Gasteiger partial charge is 0.348 e. The third kappa shape index (κ3) is 3.39. The maximum absolute atomic E-state index is 12.5. The maximum Gasteiger partial charge on any atom is 0.270 e. The number of hydrogen-bond donors (Lipinski definition) is 1. The minimum absolute atomic E-state index is 0.0565. The Balaban J connectivity index is 1.47. The molecule has 4 rings (SSSR count). The van der Waals surface area contributed by atoms with Crippen LogP contribution in [0.15, 0.2) is 60.7 Å². The number of benzene rings is 3. The van der Waals surface area contributed by atoms with Gasteiger partial charge in [-0.1, -0.05) is 36.4 Å². The van der Waals surface area contributed by atoms with E-state index in [0.717, 1.165) is 33.4 Å². The van der Waals surface area contributed by atoms with Crippen molar-refractivity contribution in [1.29, 1.82) is 0 Å². The number of carbonyl (C=O) groups excluding carboxylic acids is 3. The topological polar surface area (TPSA) is 110 Å². The van der Waals surface area contributed by atoms with E-state index in [0.29, 0.717) is 0 Å². The fourth-order valence-electron chi connectivity index (χ4n) is 3.53. The molecule has 0 aromatic heterocycles. The standard InChI is InChI=1S/C22H17N3O5/c1-13(15-7-6-14-4-2-3-5-16(14)10-15)23-20(26)12-24-21(27)18-9-8-17(25(29)30)11-19(18)22(24)28/h2-11,13H,12H2,1H3,(H,23,26). The minimum Gasteiger partial charge on any atom is -0.348 e. The van der Waals surface area contributed by atoms with Gasteiger partial charge in [-0.05, 0) is 35.4 Å². The second-order valence-corrected chi connectivity index (χ2v) is 7.08. The molecule has 0 bridgehead atoms. The van der Waals surface area contributed by atoms with E-state index < -0.39 is 29.2 Å². The van der Waals surface area contributed by atoms with Gasteiger partial charge in [0.15, 0.2) is 0 Å². The molecular formula is C22H17N3O5. The first-order valence-electron chi connectivity index (χ1n) is 9.28. The molecule has 1 unspecified atom stereocenters. The molecular weight excluding hydrogens is 386 g/mol. The van der Waals surface area contributed by atoms with E-state index in [4.69, 9.17) is 0 Å². The lowest BCUT2D eigenvalue weighted by Gasteiger charge is -2.18. The molecule has 1 aliphatic rings. The Morgan fingerprint density at radius 3 is 2.43 bits per heavy atom. The van der Waals surface area contributed by atoms with Crippen molar-refractivity contribution in [3.05, 3.63) is 87.5 Å². The van der Waals surface area contributed by atoms with Crippen LogP contribution in [0.5, 0.6) is 0 Å². The number of amides is 3. The summed E-state index contributed by atoms with van der Waals surface area (Å²) < 4.78 is 0. The number of nitro groups is 1. The van der Waals surface area contributed by atoms with Crippen LogP contribution in [0.3, 0.4) is 0 Å². The Labute approximate surface area is 171 Å². The molecule has 1 atom stereocenters. The second-order valence-electron chi connectivity index (χ2n) is 7.08. The molecule has 3 aromatic rings. The maximum atomic E-state index is 12.5. The van der Waals surface area contributed by atoms with Gasteiger partial charge in [0.05, 0.1) is 22.1 Å². The van der Waals surface area contributed by atoms with Crippen molar-refractivity contribution in [2.75, 3.05) is 6.54 Å². The van der Waals surface area contributed by atoms with Gasteiger partial charge in [0, 0.05) is 12.1 Å². The van der Waals surface area contributed by atoms with Crippen LogP contribution >= 0.6 is 0 Å². The molecule has 0 aliphatic carbocycles. The Kier molecular flexibility index (Phi) is 4.75. The van der Waals surface area contributed by atoms with Crippen LogP contribution in [-0.4, -0.2) is 34.1 Å². The highest BCUT2D eigenvalue weighted by atomic mass is 16.6. The zero-order valence-corrected chi connectivity index (χ0v) is 16.0. The highest BCUT2D eigenvalue weighted by Crippen LogP contribution is 2.27. The number of nitro benzene ring substituents is 1. The monoisotopic (exact) mass is 403 g/mol. The molecule has 30 heavy (non-hydrogen) atoms. The third-order valence-electron chi connectivity index (χ3n) is 5.12. The summed E-state index contributed by atoms with van der Waals surface area (Å²) in [6.45, 7) is 1.35. The molecule has 8 heteroatoms. The first-order valence-corrected chi connectivity index (χ1v) is 9.28. The lowest BCUT2D eigenvalue weighted by molar-refractivity contribution is -0.384. The van der Waals surface area contributed by atoms with E-state index >= 15 is 0 Å². The van der Waals surface area contributed by atoms with E-state index in [9.17, 15) is 24.5 Å². The van der Waals surface area contributed by atoms with Crippen molar-refractivity contribution in [3.63, 3.8) is 0 Å². The highest BCUT2D eigenvalue weighted by Gasteiger charge is 2.37. The number of non-ortho nitro benzene ring substituents is 1. The summed E-state index contributed by atoms with van der Waals surface area (Å²) in [6.07, 6.45) is 0. The molecule has 0 spiro atoms. The van der Waals surface area contributed by atoms with Crippen LogP contribution in [-0.2, 0) is 4.79 Å². The van der Waals surface area contributed by atoms with E-state index in [-0.39, 0.29) is 22.9 Å². The molecule has 0 radical (unpaired) electrons. The van der Waals surface area contributed by atoms with Gasteiger partial charge in [-0.2, -0.15) is 0 Å². The number of imide groups is 1. The van der Waals surface area contributed by atoms with E-state index in [1.54, 1.807) is 0 Å². The second kappa shape index (κ2) is 7.40. The van der Waals surface area contributed by atoms with Crippen molar-refractivity contribution in [3.8, 4) is 0 Å². The summed E-state index contributed by atoms with van der Waals surface area (Å²) in [7, 11) is 0. The average molecular weight is 403 g/mol. The Morgan fingerprint density at radius 2 is 1.70 bits per heavy atom. The first-order chi connectivity index (χ1) is 14.3. The molecule has 1 heterocycles. The lowest BCUT2D eigenvalue weighted by Crippen LogP contribution is -2.41. The van der Waals surface area contributed by atoms with E-state index in [1.807, 2.05) is 49.4 Å². The lowest BCUT2D eigenvalue weighted by atomic mass is 10.0. The first kappa shape index (κ1) is 19.3. The number of rotatable bonds is 5. The smallest absolute Gasteiger partial charge is 0.270 e. The average Bonchev–Trinajstić information content (AvgIpc) is 2.97. The van der Waals surface area contributed by atoms with Crippen LogP contribution < -0.4 is 5.32 Å². The molecule has 0 saturated heterocycles. The summed E-state index contributed by atoms with van der Waals surface area (Å²) in [5, 5.41) is 15.8.